The van der Waals surface area contributed by atoms with E-state index in [0.29, 0.717) is 5.92 Å². The van der Waals surface area contributed by atoms with Gasteiger partial charge in [0.1, 0.15) is 0 Å². The van der Waals surface area contributed by atoms with Gasteiger partial charge in [-0.05, 0) is 30.9 Å². The molecule has 0 fully saturated rings. The van der Waals surface area contributed by atoms with Crippen molar-refractivity contribution in [2.45, 2.75) is 19.8 Å². The Morgan fingerprint density at radius 3 is 2.55 bits per heavy atom. The van der Waals surface area contributed by atoms with Gasteiger partial charge in [0.15, 0.2) is 0 Å². The minimum atomic E-state index is 0.351. The Hall–Kier alpha value is -0.300. The molecule has 11 heavy (non-hydrogen) atoms. The van der Waals surface area contributed by atoms with E-state index in [0.717, 1.165) is 0 Å². The molecule has 1 rings (SSSR count). The summed E-state index contributed by atoms with van der Waals surface area (Å²) in [5.74, 6) is 0.351. The fourth-order valence-corrected chi connectivity index (χ4v) is 1.71. The second-order valence-electron chi connectivity index (χ2n) is 2.88. The van der Waals surface area contributed by atoms with Crippen LogP contribution in [-0.2, 0) is 0 Å². The molecule has 0 aliphatic rings. The van der Waals surface area contributed by atoms with Crippen molar-refractivity contribution in [2.75, 3.05) is 0 Å². The van der Waals surface area contributed by atoms with Gasteiger partial charge in [0, 0.05) is 4.47 Å². The number of hydrogen-bond acceptors (Lipinski definition) is 0. The van der Waals surface area contributed by atoms with Crippen LogP contribution < -0.4 is 0 Å². The lowest BCUT2D eigenvalue weighted by Crippen LogP contribution is -1.90. The van der Waals surface area contributed by atoms with Gasteiger partial charge in [0.05, 0.1) is 0 Å². The number of benzene rings is 1. The molecule has 0 saturated carbocycles. The van der Waals surface area contributed by atoms with E-state index >= 15 is 0 Å². The molecule has 0 bridgehead atoms. The van der Waals surface area contributed by atoms with E-state index in [4.69, 9.17) is 0 Å². The van der Waals surface area contributed by atoms with Crippen molar-refractivity contribution in [3.63, 3.8) is 0 Å². The van der Waals surface area contributed by atoms with E-state index < -0.39 is 0 Å². The van der Waals surface area contributed by atoms with E-state index in [-0.39, 0.29) is 0 Å². The molecule has 0 spiro atoms. The summed E-state index contributed by atoms with van der Waals surface area (Å²) in [6.45, 7) is 8.17. The summed E-state index contributed by atoms with van der Waals surface area (Å²) in [5.41, 5.74) is 2.56. The topological polar surface area (TPSA) is 0 Å². The highest BCUT2D eigenvalue weighted by molar-refractivity contribution is 9.10. The van der Waals surface area contributed by atoms with E-state index in [2.05, 4.69) is 54.9 Å². The quantitative estimate of drug-likeness (QED) is 0.665. The van der Waals surface area contributed by atoms with Crippen LogP contribution in [0.4, 0.5) is 0 Å². The molecule has 1 radical (unpaired) electrons. The highest BCUT2D eigenvalue weighted by Crippen LogP contribution is 2.26. The van der Waals surface area contributed by atoms with Crippen LogP contribution >= 0.6 is 15.9 Å². The Morgan fingerprint density at radius 2 is 2.09 bits per heavy atom. The predicted octanol–water partition coefficient (Wildman–Crippen LogP) is 3.70. The first-order valence-corrected chi connectivity index (χ1v) is 4.50. The van der Waals surface area contributed by atoms with E-state index in [1.807, 2.05) is 0 Å². The van der Waals surface area contributed by atoms with Crippen LogP contribution in [0.15, 0.2) is 22.7 Å². The van der Waals surface area contributed by atoms with Gasteiger partial charge in [-0.1, -0.05) is 41.1 Å². The van der Waals surface area contributed by atoms with Gasteiger partial charge in [-0.3, -0.25) is 0 Å². The molecule has 0 saturated heterocycles. The Labute approximate surface area is 76.8 Å². The average Bonchev–Trinajstić information content (AvgIpc) is 1.94. The molecule has 59 valence electrons. The highest BCUT2D eigenvalue weighted by atomic mass is 79.9. The van der Waals surface area contributed by atoms with Crippen LogP contribution in [0.5, 0.6) is 0 Å². The third kappa shape index (κ3) is 1.84. The Balaban J connectivity index is 3.17. The average molecular weight is 212 g/mol. The van der Waals surface area contributed by atoms with Crippen molar-refractivity contribution >= 4 is 15.9 Å². The summed E-state index contributed by atoms with van der Waals surface area (Å²) in [7, 11) is 0. The summed E-state index contributed by atoms with van der Waals surface area (Å²) in [4.78, 5) is 0. The van der Waals surface area contributed by atoms with Gasteiger partial charge in [0.25, 0.3) is 0 Å². The molecule has 0 nitrogen and oxygen atoms in total. The molecule has 1 aromatic rings. The largest absolute Gasteiger partial charge is 0.0616 e. The van der Waals surface area contributed by atoms with Crippen LogP contribution in [-0.4, -0.2) is 0 Å². The minimum absolute atomic E-state index is 0.351. The lowest BCUT2D eigenvalue weighted by molar-refractivity contribution is 0.952. The molecule has 0 heterocycles. The smallest absolute Gasteiger partial charge is 0.0239 e. The Bertz CT molecular complexity index is 251. The second-order valence-corrected chi connectivity index (χ2v) is 3.67. The maximum absolute atomic E-state index is 3.98. The first-order chi connectivity index (χ1) is 5.13. The first kappa shape index (κ1) is 8.79. The molecule has 0 aliphatic heterocycles. The maximum Gasteiger partial charge on any atom is 0.0239 e. The fraction of sp³-hybridized carbons (Fsp3) is 0.300. The molecule has 0 N–H and O–H groups in total. The lowest BCUT2D eigenvalue weighted by atomic mass is 10.0. The molecule has 0 aliphatic carbocycles. The minimum Gasteiger partial charge on any atom is -0.0616 e. The monoisotopic (exact) mass is 211 g/mol. The van der Waals surface area contributed by atoms with Crippen molar-refractivity contribution in [1.29, 1.82) is 0 Å². The van der Waals surface area contributed by atoms with Gasteiger partial charge in [-0.2, -0.15) is 0 Å². The summed E-state index contributed by atoms with van der Waals surface area (Å²) in [6, 6.07) is 6.27. The van der Waals surface area contributed by atoms with Crippen LogP contribution in [0, 0.1) is 13.8 Å². The molecule has 1 heteroatoms. The third-order valence-corrected chi connectivity index (χ3v) is 2.84. The summed E-state index contributed by atoms with van der Waals surface area (Å²) in [5, 5.41) is 0. The first-order valence-electron chi connectivity index (χ1n) is 3.71. The van der Waals surface area contributed by atoms with E-state index in [1.54, 1.807) is 0 Å². The Morgan fingerprint density at radius 1 is 1.45 bits per heavy atom. The maximum atomic E-state index is 3.98. The zero-order chi connectivity index (χ0) is 8.43. The molecule has 1 aromatic carbocycles. The summed E-state index contributed by atoms with van der Waals surface area (Å²) in [6.07, 6.45) is 0. The fourth-order valence-electron chi connectivity index (χ4n) is 1.05. The molecule has 0 aromatic heterocycles. The predicted molar refractivity (Wildman–Crippen MR) is 52.7 cm³/mol. The zero-order valence-corrected chi connectivity index (χ0v) is 8.48. The normalized spacial score (nSPS) is 10.6. The highest BCUT2D eigenvalue weighted by Gasteiger charge is 2.04. The van der Waals surface area contributed by atoms with Gasteiger partial charge < -0.3 is 0 Å². The van der Waals surface area contributed by atoms with Crippen molar-refractivity contribution in [1.82, 2.24) is 0 Å². The van der Waals surface area contributed by atoms with E-state index in [1.165, 1.54) is 15.6 Å². The van der Waals surface area contributed by atoms with Gasteiger partial charge in [-0.15, -0.1) is 0 Å². The van der Waals surface area contributed by atoms with Crippen LogP contribution in [0.2, 0.25) is 0 Å². The second kappa shape index (κ2) is 3.40. The standard InChI is InChI=1S/C10H12Br/c1-7(2)9-6-4-5-8(3)10(9)11/h4-7H,1H2,2-3H3. The molecular formula is C10H12Br. The number of aryl methyl sites for hydroxylation is 1. The number of halogens is 1. The SMILES string of the molecule is [CH2]C(C)c1cccc(C)c1Br. The molecule has 0 amide bonds. The van der Waals surface area contributed by atoms with Gasteiger partial charge in [-0.25, -0.2) is 0 Å². The van der Waals surface area contributed by atoms with Crippen LogP contribution in [0.3, 0.4) is 0 Å². The lowest BCUT2D eigenvalue weighted by Gasteiger charge is -2.09. The molecule has 1 atom stereocenters. The van der Waals surface area contributed by atoms with Crippen LogP contribution in [0.1, 0.15) is 24.0 Å². The van der Waals surface area contributed by atoms with E-state index in [9.17, 15) is 0 Å². The van der Waals surface area contributed by atoms with Crippen LogP contribution in [0.25, 0.3) is 0 Å². The molecular weight excluding hydrogens is 200 g/mol. The van der Waals surface area contributed by atoms with Crippen molar-refractivity contribution in [3.8, 4) is 0 Å². The number of rotatable bonds is 1. The van der Waals surface area contributed by atoms with Gasteiger partial charge in [0.2, 0.25) is 0 Å². The Kier molecular flexibility index (Phi) is 2.72. The summed E-state index contributed by atoms with van der Waals surface area (Å²) < 4.78 is 1.20. The molecule has 1 unspecified atom stereocenters. The van der Waals surface area contributed by atoms with Crippen molar-refractivity contribution in [3.05, 3.63) is 40.7 Å². The number of hydrogen-bond donors (Lipinski definition) is 0. The third-order valence-electron chi connectivity index (χ3n) is 1.75. The summed E-state index contributed by atoms with van der Waals surface area (Å²) >= 11 is 3.54. The zero-order valence-electron chi connectivity index (χ0n) is 6.89. The van der Waals surface area contributed by atoms with Crippen molar-refractivity contribution < 1.29 is 0 Å². The van der Waals surface area contributed by atoms with Gasteiger partial charge >= 0.3 is 0 Å². The van der Waals surface area contributed by atoms with Crippen molar-refractivity contribution in [2.24, 2.45) is 0 Å².